The molecule has 0 radical (unpaired) electrons. The highest BCUT2D eigenvalue weighted by molar-refractivity contribution is 7.92. The van der Waals surface area contributed by atoms with Crippen molar-refractivity contribution in [3.63, 3.8) is 0 Å². The van der Waals surface area contributed by atoms with Gasteiger partial charge in [0, 0.05) is 5.69 Å². The number of sulfone groups is 1. The van der Waals surface area contributed by atoms with Crippen molar-refractivity contribution in [3.8, 4) is 0 Å². The Morgan fingerprint density at radius 1 is 1.37 bits per heavy atom. The van der Waals surface area contributed by atoms with Gasteiger partial charge in [0.2, 0.25) is 5.91 Å². The van der Waals surface area contributed by atoms with Crippen molar-refractivity contribution >= 4 is 27.4 Å². The minimum Gasteiger partial charge on any atom is -0.478 e. The molecule has 0 heterocycles. The molecule has 0 spiro atoms. The molecule has 1 amide bonds. The summed E-state index contributed by atoms with van der Waals surface area (Å²) in [7, 11) is -3.52. The van der Waals surface area contributed by atoms with Crippen LogP contribution in [-0.4, -0.2) is 36.9 Å². The number of amides is 1. The number of carboxylic acid groups (broad SMARTS) is 1. The molecule has 0 atom stereocenters. The van der Waals surface area contributed by atoms with Crippen LogP contribution in [0, 0.1) is 0 Å². The number of hydrogen-bond acceptors (Lipinski definition) is 4. The Kier molecular flexibility index (Phi) is 4.82. The van der Waals surface area contributed by atoms with Crippen LogP contribution in [0.25, 0.3) is 0 Å². The number of nitrogens with one attached hydrogen (secondary N) is 1. The van der Waals surface area contributed by atoms with E-state index in [0.29, 0.717) is 0 Å². The second-order valence-corrected chi connectivity index (χ2v) is 5.89. The van der Waals surface area contributed by atoms with Crippen molar-refractivity contribution in [1.29, 1.82) is 0 Å². The van der Waals surface area contributed by atoms with Crippen molar-refractivity contribution in [1.82, 2.24) is 0 Å². The summed E-state index contributed by atoms with van der Waals surface area (Å²) in [5.41, 5.74) is 0.241. The first-order chi connectivity index (χ1) is 8.84. The number of carboxylic acids is 1. The molecule has 0 aliphatic heterocycles. The van der Waals surface area contributed by atoms with Crippen LogP contribution in [0.2, 0.25) is 0 Å². The molecule has 1 aromatic carbocycles. The summed E-state index contributed by atoms with van der Waals surface area (Å²) < 4.78 is 22.8. The molecule has 0 saturated carbocycles. The standard InChI is InChI=1S/C12H13NO5S/c1-2-6-19(17,18)8-11(14)13-10-5-3-4-9(7-10)12(15)16/h2-5,7H,1,6,8H2,(H,13,14)(H,15,16). The molecule has 0 aliphatic carbocycles. The fraction of sp³-hybridized carbons (Fsp3) is 0.167. The second kappa shape index (κ2) is 6.14. The molecule has 0 bridgehead atoms. The van der Waals surface area contributed by atoms with Crippen molar-refractivity contribution in [2.75, 3.05) is 16.8 Å². The van der Waals surface area contributed by atoms with E-state index in [1.807, 2.05) is 0 Å². The van der Waals surface area contributed by atoms with Gasteiger partial charge in [0.25, 0.3) is 0 Å². The van der Waals surface area contributed by atoms with Crippen LogP contribution in [0.15, 0.2) is 36.9 Å². The molecule has 7 heteroatoms. The lowest BCUT2D eigenvalue weighted by atomic mass is 10.2. The summed E-state index contributed by atoms with van der Waals surface area (Å²) in [6, 6.07) is 5.55. The first-order valence-electron chi connectivity index (χ1n) is 5.28. The molecule has 2 N–H and O–H groups in total. The highest BCUT2D eigenvalue weighted by atomic mass is 32.2. The summed E-state index contributed by atoms with van der Waals surface area (Å²) in [4.78, 5) is 22.2. The molecule has 0 unspecified atom stereocenters. The molecule has 102 valence electrons. The van der Waals surface area contributed by atoms with Gasteiger partial charge in [-0.1, -0.05) is 12.1 Å². The van der Waals surface area contributed by atoms with Gasteiger partial charge in [0.1, 0.15) is 5.75 Å². The van der Waals surface area contributed by atoms with Crippen LogP contribution < -0.4 is 5.32 Å². The molecule has 0 aromatic heterocycles. The molecule has 0 aliphatic rings. The first kappa shape index (κ1) is 14.9. The van der Waals surface area contributed by atoms with Gasteiger partial charge in [-0.2, -0.15) is 0 Å². The number of benzene rings is 1. The Hall–Kier alpha value is -2.15. The van der Waals surface area contributed by atoms with Gasteiger partial charge in [-0.15, -0.1) is 6.58 Å². The van der Waals surface area contributed by atoms with Crippen molar-refractivity contribution in [2.24, 2.45) is 0 Å². The Balaban J connectivity index is 2.75. The number of carbonyl (C=O) groups excluding carboxylic acids is 1. The maximum atomic E-state index is 11.5. The number of rotatable bonds is 6. The van der Waals surface area contributed by atoms with Crippen LogP contribution in [0.1, 0.15) is 10.4 Å². The van der Waals surface area contributed by atoms with Gasteiger partial charge in [0.15, 0.2) is 9.84 Å². The first-order valence-corrected chi connectivity index (χ1v) is 7.11. The van der Waals surface area contributed by atoms with Crippen LogP contribution in [0.4, 0.5) is 5.69 Å². The third kappa shape index (κ3) is 4.92. The summed E-state index contributed by atoms with van der Waals surface area (Å²) in [6.07, 6.45) is 1.20. The third-order valence-electron chi connectivity index (χ3n) is 2.12. The Labute approximate surface area is 110 Å². The smallest absolute Gasteiger partial charge is 0.335 e. The third-order valence-corrected chi connectivity index (χ3v) is 3.56. The lowest BCUT2D eigenvalue weighted by Gasteiger charge is -2.06. The predicted octanol–water partition coefficient (Wildman–Crippen LogP) is 0.924. The molecule has 0 fully saturated rings. The summed E-state index contributed by atoms with van der Waals surface area (Å²) in [6.45, 7) is 3.29. The van der Waals surface area contributed by atoms with E-state index in [9.17, 15) is 18.0 Å². The van der Waals surface area contributed by atoms with Gasteiger partial charge < -0.3 is 10.4 Å². The van der Waals surface area contributed by atoms with E-state index >= 15 is 0 Å². The monoisotopic (exact) mass is 283 g/mol. The summed E-state index contributed by atoms with van der Waals surface area (Å²) >= 11 is 0. The van der Waals surface area contributed by atoms with Gasteiger partial charge >= 0.3 is 5.97 Å². The van der Waals surface area contributed by atoms with Crippen molar-refractivity contribution in [3.05, 3.63) is 42.5 Å². The number of anilines is 1. The Morgan fingerprint density at radius 3 is 2.63 bits per heavy atom. The Morgan fingerprint density at radius 2 is 2.05 bits per heavy atom. The number of aromatic carboxylic acids is 1. The highest BCUT2D eigenvalue weighted by Crippen LogP contribution is 2.10. The summed E-state index contributed by atoms with van der Waals surface area (Å²) in [5.74, 6) is -2.80. The minimum absolute atomic E-state index is 0.00625. The zero-order chi connectivity index (χ0) is 14.5. The molecular formula is C12H13NO5S. The van der Waals surface area contributed by atoms with E-state index in [1.165, 1.54) is 30.3 Å². The molecular weight excluding hydrogens is 270 g/mol. The van der Waals surface area contributed by atoms with Crippen molar-refractivity contribution < 1.29 is 23.1 Å². The van der Waals surface area contributed by atoms with Crippen LogP contribution in [0.5, 0.6) is 0 Å². The topological polar surface area (TPSA) is 101 Å². The normalized spacial score (nSPS) is 10.7. The molecule has 6 nitrogen and oxygen atoms in total. The molecule has 1 aromatic rings. The zero-order valence-corrected chi connectivity index (χ0v) is 10.8. The van der Waals surface area contributed by atoms with Gasteiger partial charge in [-0.25, -0.2) is 13.2 Å². The van der Waals surface area contributed by atoms with Gasteiger partial charge in [-0.05, 0) is 18.2 Å². The fourth-order valence-electron chi connectivity index (χ4n) is 1.37. The molecule has 1 rings (SSSR count). The summed E-state index contributed by atoms with van der Waals surface area (Å²) in [5, 5.41) is 11.1. The van der Waals surface area contributed by atoms with Crippen LogP contribution >= 0.6 is 0 Å². The quantitative estimate of drug-likeness (QED) is 0.756. The fourth-order valence-corrected chi connectivity index (χ4v) is 2.31. The SMILES string of the molecule is C=CCS(=O)(=O)CC(=O)Nc1cccc(C(=O)O)c1. The lowest BCUT2D eigenvalue weighted by molar-refractivity contribution is -0.113. The maximum absolute atomic E-state index is 11.5. The number of hydrogen-bond donors (Lipinski definition) is 2. The Bertz CT molecular complexity index is 606. The van der Waals surface area contributed by atoms with Crippen LogP contribution in [-0.2, 0) is 14.6 Å². The van der Waals surface area contributed by atoms with E-state index < -0.39 is 27.5 Å². The van der Waals surface area contributed by atoms with E-state index in [0.717, 1.165) is 0 Å². The average Bonchev–Trinajstić information content (AvgIpc) is 2.27. The maximum Gasteiger partial charge on any atom is 0.335 e. The van der Waals surface area contributed by atoms with E-state index in [2.05, 4.69) is 11.9 Å². The minimum atomic E-state index is -3.52. The lowest BCUT2D eigenvalue weighted by Crippen LogP contribution is -2.24. The molecule has 0 saturated heterocycles. The van der Waals surface area contributed by atoms with Gasteiger partial charge in [-0.3, -0.25) is 4.79 Å². The highest BCUT2D eigenvalue weighted by Gasteiger charge is 2.15. The number of carbonyl (C=O) groups is 2. The van der Waals surface area contributed by atoms with E-state index in [-0.39, 0.29) is 17.0 Å². The second-order valence-electron chi connectivity index (χ2n) is 3.78. The van der Waals surface area contributed by atoms with Crippen molar-refractivity contribution in [2.45, 2.75) is 0 Å². The molecule has 19 heavy (non-hydrogen) atoms. The van der Waals surface area contributed by atoms with Crippen LogP contribution in [0.3, 0.4) is 0 Å². The largest absolute Gasteiger partial charge is 0.478 e. The predicted molar refractivity (Wildman–Crippen MR) is 70.9 cm³/mol. The average molecular weight is 283 g/mol. The van der Waals surface area contributed by atoms with Gasteiger partial charge in [0.05, 0.1) is 11.3 Å². The van der Waals surface area contributed by atoms with E-state index in [1.54, 1.807) is 0 Å². The van der Waals surface area contributed by atoms with E-state index in [4.69, 9.17) is 5.11 Å². The zero-order valence-electron chi connectivity index (χ0n) is 10.00.